The molecule has 178 valence electrons. The monoisotopic (exact) mass is 530 g/mol. The summed E-state index contributed by atoms with van der Waals surface area (Å²) in [6, 6.07) is 19.6. The van der Waals surface area contributed by atoms with E-state index in [0.717, 1.165) is 69.0 Å². The van der Waals surface area contributed by atoms with Gasteiger partial charge in [0.05, 0.1) is 0 Å². The summed E-state index contributed by atoms with van der Waals surface area (Å²) in [6.45, 7) is 3.34. The van der Waals surface area contributed by atoms with Crippen molar-refractivity contribution < 1.29 is 14.0 Å². The van der Waals surface area contributed by atoms with E-state index in [2.05, 4.69) is 21.2 Å². The van der Waals surface area contributed by atoms with E-state index >= 15 is 0 Å². The molecule has 0 radical (unpaired) electrons. The van der Waals surface area contributed by atoms with Crippen LogP contribution in [-0.4, -0.2) is 29.8 Å². The van der Waals surface area contributed by atoms with Gasteiger partial charge in [-0.2, -0.15) is 0 Å². The third-order valence-corrected chi connectivity index (χ3v) is 8.28. The minimum Gasteiger partial charge on any atom is -0.456 e. The van der Waals surface area contributed by atoms with Gasteiger partial charge >= 0.3 is 0 Å². The predicted octanol–water partition coefficient (Wildman–Crippen LogP) is 6.78. The number of halogens is 1. The van der Waals surface area contributed by atoms with Crippen LogP contribution in [0.3, 0.4) is 0 Å². The van der Waals surface area contributed by atoms with Crippen molar-refractivity contribution in [3.63, 3.8) is 0 Å². The van der Waals surface area contributed by atoms with Crippen molar-refractivity contribution in [2.24, 2.45) is 17.8 Å². The zero-order chi connectivity index (χ0) is 24.1. The largest absolute Gasteiger partial charge is 0.456 e. The molecule has 35 heavy (non-hydrogen) atoms. The summed E-state index contributed by atoms with van der Waals surface area (Å²) >= 11 is 3.48. The Balaban J connectivity index is 1.20. The minimum absolute atomic E-state index is 0.0565. The number of carbonyl (C=O) groups excluding carboxylic acids is 2. The molecule has 2 aliphatic rings. The number of furan rings is 1. The first kappa shape index (κ1) is 22.4. The standard InChI is InChI=1S/C29H27BrN2O3/c1-17-13-19(30)9-11-21(17)29(34)32-15-18-5-4-7-23(25(18)16-32)28(33)31-20-10-12-27-24(14-20)22-6-2-3-8-26(22)35-27/h2-3,6,8-14,18,23,25H,4-5,7,15-16H2,1H3,(H,31,33)/t18-,23-,25+/m1/s1. The van der Waals surface area contributed by atoms with Crippen molar-refractivity contribution >= 4 is 55.4 Å². The van der Waals surface area contributed by atoms with Gasteiger partial charge in [-0.1, -0.05) is 40.5 Å². The van der Waals surface area contributed by atoms with Crippen LogP contribution in [0, 0.1) is 24.7 Å². The second-order valence-corrected chi connectivity index (χ2v) is 10.8. The van der Waals surface area contributed by atoms with E-state index in [9.17, 15) is 9.59 Å². The van der Waals surface area contributed by atoms with Crippen LogP contribution >= 0.6 is 15.9 Å². The average Bonchev–Trinajstić information content (AvgIpc) is 3.45. The highest BCUT2D eigenvalue weighted by Gasteiger charge is 2.44. The number of hydrogen-bond donors (Lipinski definition) is 1. The molecule has 2 fully saturated rings. The molecular weight excluding hydrogens is 504 g/mol. The molecule has 1 aromatic heterocycles. The van der Waals surface area contributed by atoms with Crippen LogP contribution in [0.15, 0.2) is 69.6 Å². The fraction of sp³-hybridized carbons (Fsp3) is 0.310. The van der Waals surface area contributed by atoms with Crippen molar-refractivity contribution in [2.45, 2.75) is 26.2 Å². The topological polar surface area (TPSA) is 62.6 Å². The molecule has 1 aliphatic carbocycles. The molecule has 3 atom stereocenters. The lowest BCUT2D eigenvalue weighted by Gasteiger charge is -2.31. The first-order valence-corrected chi connectivity index (χ1v) is 13.0. The summed E-state index contributed by atoms with van der Waals surface area (Å²) < 4.78 is 6.89. The van der Waals surface area contributed by atoms with E-state index in [1.54, 1.807) is 0 Å². The Morgan fingerprint density at radius 2 is 1.80 bits per heavy atom. The highest BCUT2D eigenvalue weighted by atomic mass is 79.9. The Morgan fingerprint density at radius 1 is 0.971 bits per heavy atom. The van der Waals surface area contributed by atoms with Crippen LogP contribution < -0.4 is 5.32 Å². The number of fused-ring (bicyclic) bond motifs is 4. The third kappa shape index (κ3) is 4.04. The number of nitrogens with one attached hydrogen (secondary N) is 1. The first-order chi connectivity index (χ1) is 17.0. The molecule has 1 N–H and O–H groups in total. The molecule has 4 aromatic rings. The summed E-state index contributed by atoms with van der Waals surface area (Å²) in [7, 11) is 0. The van der Waals surface area contributed by atoms with E-state index in [-0.39, 0.29) is 23.7 Å². The van der Waals surface area contributed by atoms with Gasteiger partial charge in [0.15, 0.2) is 0 Å². The van der Waals surface area contributed by atoms with Gasteiger partial charge in [0, 0.05) is 45.5 Å². The molecule has 2 amide bonds. The van der Waals surface area contributed by atoms with Crippen LogP contribution in [0.5, 0.6) is 0 Å². The van der Waals surface area contributed by atoms with E-state index in [1.165, 1.54) is 0 Å². The molecule has 2 heterocycles. The van der Waals surface area contributed by atoms with Gasteiger partial charge < -0.3 is 14.6 Å². The van der Waals surface area contributed by atoms with Gasteiger partial charge in [0.2, 0.25) is 5.91 Å². The van der Waals surface area contributed by atoms with Crippen molar-refractivity contribution in [3.05, 3.63) is 76.3 Å². The summed E-state index contributed by atoms with van der Waals surface area (Å²) in [5.74, 6) is 0.609. The number of hydrogen-bond acceptors (Lipinski definition) is 3. The molecule has 6 rings (SSSR count). The molecule has 0 spiro atoms. The molecule has 3 aromatic carbocycles. The second-order valence-electron chi connectivity index (χ2n) is 9.93. The minimum atomic E-state index is -0.0886. The molecule has 0 unspecified atom stereocenters. The van der Waals surface area contributed by atoms with Gasteiger partial charge in [0.25, 0.3) is 5.91 Å². The Kier molecular flexibility index (Phi) is 5.64. The number of benzene rings is 3. The quantitative estimate of drug-likeness (QED) is 0.317. The third-order valence-electron chi connectivity index (χ3n) is 7.79. The Hall–Kier alpha value is -3.12. The summed E-state index contributed by atoms with van der Waals surface area (Å²) in [5, 5.41) is 5.22. The molecule has 1 aliphatic heterocycles. The van der Waals surface area contributed by atoms with Crippen molar-refractivity contribution in [1.29, 1.82) is 0 Å². The van der Waals surface area contributed by atoms with E-state index < -0.39 is 0 Å². The van der Waals surface area contributed by atoms with Gasteiger partial charge in [-0.25, -0.2) is 0 Å². The van der Waals surface area contributed by atoms with Crippen LogP contribution in [0.2, 0.25) is 0 Å². The van der Waals surface area contributed by atoms with E-state index in [1.807, 2.05) is 72.5 Å². The average molecular weight is 531 g/mol. The predicted molar refractivity (Wildman–Crippen MR) is 141 cm³/mol. The SMILES string of the molecule is Cc1cc(Br)ccc1C(=O)N1C[C@H]2CCC[C@@H](C(=O)Nc3ccc4oc5ccccc5c4c3)[C@H]2C1. The number of para-hydroxylation sites is 1. The Labute approximate surface area is 212 Å². The maximum absolute atomic E-state index is 13.4. The van der Waals surface area contributed by atoms with Crippen molar-refractivity contribution in [3.8, 4) is 0 Å². The van der Waals surface area contributed by atoms with Gasteiger partial charge in [-0.05, 0) is 79.6 Å². The maximum atomic E-state index is 13.4. The lowest BCUT2D eigenvalue weighted by atomic mass is 9.73. The normalized spacial score (nSPS) is 21.9. The van der Waals surface area contributed by atoms with Gasteiger partial charge in [-0.3, -0.25) is 9.59 Å². The molecule has 1 saturated heterocycles. The van der Waals surface area contributed by atoms with Gasteiger partial charge in [-0.15, -0.1) is 0 Å². The highest BCUT2D eigenvalue weighted by Crippen LogP contribution is 2.41. The van der Waals surface area contributed by atoms with Crippen molar-refractivity contribution in [1.82, 2.24) is 4.90 Å². The Morgan fingerprint density at radius 3 is 2.66 bits per heavy atom. The highest BCUT2D eigenvalue weighted by molar-refractivity contribution is 9.10. The zero-order valence-corrected chi connectivity index (χ0v) is 21.2. The van der Waals surface area contributed by atoms with E-state index in [0.29, 0.717) is 12.5 Å². The fourth-order valence-electron chi connectivity index (χ4n) is 6.04. The number of nitrogens with zero attached hydrogens (tertiary/aromatic N) is 1. The fourth-order valence-corrected chi connectivity index (χ4v) is 6.51. The summed E-state index contributed by atoms with van der Waals surface area (Å²) in [4.78, 5) is 28.7. The molecule has 0 bridgehead atoms. The maximum Gasteiger partial charge on any atom is 0.254 e. The second kappa shape index (κ2) is 8.83. The summed E-state index contributed by atoms with van der Waals surface area (Å²) in [5.41, 5.74) is 4.16. The van der Waals surface area contributed by atoms with Crippen molar-refractivity contribution in [2.75, 3.05) is 18.4 Å². The number of anilines is 1. The number of aryl methyl sites for hydroxylation is 1. The lowest BCUT2D eigenvalue weighted by Crippen LogP contribution is -2.36. The Bertz CT molecular complexity index is 1460. The number of rotatable bonds is 3. The first-order valence-electron chi connectivity index (χ1n) is 12.3. The number of amides is 2. The molecule has 5 nitrogen and oxygen atoms in total. The van der Waals surface area contributed by atoms with Crippen LogP contribution in [0.4, 0.5) is 5.69 Å². The zero-order valence-electron chi connectivity index (χ0n) is 19.6. The summed E-state index contributed by atoms with van der Waals surface area (Å²) in [6.07, 6.45) is 2.96. The molecule has 6 heteroatoms. The van der Waals surface area contributed by atoms with Crippen LogP contribution in [-0.2, 0) is 4.79 Å². The smallest absolute Gasteiger partial charge is 0.254 e. The van der Waals surface area contributed by atoms with Gasteiger partial charge in [0.1, 0.15) is 11.2 Å². The lowest BCUT2D eigenvalue weighted by molar-refractivity contribution is -0.122. The van der Waals surface area contributed by atoms with E-state index in [4.69, 9.17) is 4.42 Å². The number of likely N-dealkylation sites (tertiary alicyclic amines) is 1. The molecular formula is C29H27BrN2O3. The van der Waals surface area contributed by atoms with Crippen LogP contribution in [0.1, 0.15) is 35.2 Å². The number of carbonyl (C=O) groups is 2. The van der Waals surface area contributed by atoms with Crippen LogP contribution in [0.25, 0.3) is 21.9 Å². The molecule has 1 saturated carbocycles.